The number of hydrogen-bond acceptors (Lipinski definition) is 2. The van der Waals surface area contributed by atoms with E-state index in [2.05, 4.69) is 0 Å². The molecular weight excluding hydrogens is 211 g/mol. The zero-order chi connectivity index (χ0) is 9.84. The third-order valence-electron chi connectivity index (χ3n) is 1.63. The maximum absolute atomic E-state index is 10.3. The largest absolute Gasteiger partial charge is 1.00 e. The molecule has 1 rings (SSSR count). The topological polar surface area (TPSA) is 40.1 Å². The molecule has 0 saturated heterocycles. The minimum Gasteiger partial charge on any atom is -0.545 e. The first kappa shape index (κ1) is 13.7. The number of carbonyl (C=O) groups excluding carboxylic acids is 1. The molecule has 4 heteroatoms. The van der Waals surface area contributed by atoms with Gasteiger partial charge >= 0.3 is 29.6 Å². The number of halogens is 1. The second-order valence-corrected chi connectivity index (χ2v) is 3.03. The Hall–Kier alpha value is -0.280. The molecule has 0 spiro atoms. The van der Waals surface area contributed by atoms with E-state index in [4.69, 9.17) is 11.6 Å². The standard InChI is InChI=1S/C10H9ClO2.Na/c1-7(6-10(12)13)8-4-2-3-5-9(8)11;/h2-6H,1H3,(H,12,13);/q;+1/p-1. The molecule has 0 amide bonds. The molecule has 68 valence electrons. The predicted octanol–water partition coefficient (Wildman–Crippen LogP) is -1.50. The molecule has 2 nitrogen and oxygen atoms in total. The molecule has 0 heterocycles. The van der Waals surface area contributed by atoms with Gasteiger partial charge in [0.15, 0.2) is 0 Å². The summed E-state index contributed by atoms with van der Waals surface area (Å²) < 4.78 is 0. The van der Waals surface area contributed by atoms with Gasteiger partial charge in [-0.3, -0.25) is 0 Å². The summed E-state index contributed by atoms with van der Waals surface area (Å²) in [5.41, 5.74) is 1.30. The SMILES string of the molecule is CC(=CC(=O)[O-])c1ccccc1Cl.[Na+]. The maximum atomic E-state index is 10.3. The number of allylic oxidation sites excluding steroid dienone is 1. The fraction of sp³-hybridized carbons (Fsp3) is 0.100. The van der Waals surface area contributed by atoms with Crippen LogP contribution in [0.15, 0.2) is 30.3 Å². The molecule has 1 aromatic rings. The van der Waals surface area contributed by atoms with Crippen LogP contribution in [-0.4, -0.2) is 5.97 Å². The molecule has 0 saturated carbocycles. The Balaban J connectivity index is 0.00000169. The molecule has 0 aliphatic rings. The fourth-order valence-corrected chi connectivity index (χ4v) is 1.32. The zero-order valence-corrected chi connectivity index (χ0v) is 10.8. The summed E-state index contributed by atoms with van der Waals surface area (Å²) in [6, 6.07) is 7.06. The molecule has 0 unspecified atom stereocenters. The van der Waals surface area contributed by atoms with Crippen LogP contribution in [0.1, 0.15) is 12.5 Å². The Bertz CT molecular complexity index is 361. The van der Waals surface area contributed by atoms with E-state index in [1.807, 2.05) is 0 Å². The molecule has 0 aromatic heterocycles. The molecule has 0 aliphatic heterocycles. The van der Waals surface area contributed by atoms with Crippen LogP contribution < -0.4 is 34.7 Å². The van der Waals surface area contributed by atoms with Crippen LogP contribution in [0.4, 0.5) is 0 Å². The normalized spacial score (nSPS) is 10.6. The summed E-state index contributed by atoms with van der Waals surface area (Å²) >= 11 is 5.85. The van der Waals surface area contributed by atoms with Gasteiger partial charge in [-0.2, -0.15) is 0 Å². The first-order valence-electron chi connectivity index (χ1n) is 3.75. The number of hydrogen-bond donors (Lipinski definition) is 0. The Morgan fingerprint density at radius 1 is 1.43 bits per heavy atom. The van der Waals surface area contributed by atoms with E-state index in [0.717, 1.165) is 6.08 Å². The molecule has 0 radical (unpaired) electrons. The van der Waals surface area contributed by atoms with E-state index in [1.54, 1.807) is 31.2 Å². The molecule has 0 aliphatic carbocycles. The minimum absolute atomic E-state index is 0. The average Bonchev–Trinajstić information content (AvgIpc) is 2.03. The van der Waals surface area contributed by atoms with Crippen molar-refractivity contribution >= 4 is 23.1 Å². The van der Waals surface area contributed by atoms with Gasteiger partial charge in [-0.15, -0.1) is 0 Å². The summed E-state index contributed by atoms with van der Waals surface area (Å²) in [4.78, 5) is 10.3. The maximum Gasteiger partial charge on any atom is 1.00 e. The third-order valence-corrected chi connectivity index (χ3v) is 1.96. The fourth-order valence-electron chi connectivity index (χ4n) is 1.04. The van der Waals surface area contributed by atoms with Crippen molar-refractivity contribution in [2.24, 2.45) is 0 Å². The van der Waals surface area contributed by atoms with Crippen molar-refractivity contribution < 1.29 is 39.5 Å². The van der Waals surface area contributed by atoms with Crippen molar-refractivity contribution in [1.29, 1.82) is 0 Å². The van der Waals surface area contributed by atoms with Crippen molar-refractivity contribution in [3.8, 4) is 0 Å². The molecule has 1 aromatic carbocycles. The number of benzene rings is 1. The van der Waals surface area contributed by atoms with Crippen LogP contribution in [0.25, 0.3) is 5.57 Å². The van der Waals surface area contributed by atoms with Gasteiger partial charge in [0.05, 0.1) is 5.97 Å². The summed E-state index contributed by atoms with van der Waals surface area (Å²) in [7, 11) is 0. The van der Waals surface area contributed by atoms with Crippen LogP contribution in [-0.2, 0) is 4.79 Å². The number of carboxylic acids is 1. The molecule has 0 bridgehead atoms. The first-order chi connectivity index (χ1) is 6.11. The van der Waals surface area contributed by atoms with E-state index < -0.39 is 5.97 Å². The summed E-state index contributed by atoms with van der Waals surface area (Å²) in [5, 5.41) is 10.8. The van der Waals surface area contributed by atoms with Crippen LogP contribution in [0, 0.1) is 0 Å². The van der Waals surface area contributed by atoms with E-state index in [0.29, 0.717) is 16.2 Å². The molecule has 0 atom stereocenters. The van der Waals surface area contributed by atoms with Crippen molar-refractivity contribution in [2.45, 2.75) is 6.92 Å². The quantitative estimate of drug-likeness (QED) is 0.448. The van der Waals surface area contributed by atoms with Gasteiger partial charge < -0.3 is 9.90 Å². The van der Waals surface area contributed by atoms with E-state index >= 15 is 0 Å². The van der Waals surface area contributed by atoms with Crippen molar-refractivity contribution in [3.63, 3.8) is 0 Å². The predicted molar refractivity (Wildman–Crippen MR) is 50.1 cm³/mol. The van der Waals surface area contributed by atoms with E-state index in [-0.39, 0.29) is 29.6 Å². The van der Waals surface area contributed by atoms with Gasteiger partial charge in [-0.05, 0) is 30.2 Å². The van der Waals surface area contributed by atoms with E-state index in [1.165, 1.54) is 0 Å². The van der Waals surface area contributed by atoms with Gasteiger partial charge in [-0.1, -0.05) is 29.8 Å². The van der Waals surface area contributed by atoms with Gasteiger partial charge in [0.2, 0.25) is 0 Å². The molecular formula is C10H8ClNaO2. The van der Waals surface area contributed by atoms with Crippen molar-refractivity contribution in [1.82, 2.24) is 0 Å². The van der Waals surface area contributed by atoms with Crippen molar-refractivity contribution in [3.05, 3.63) is 40.9 Å². The summed E-state index contributed by atoms with van der Waals surface area (Å²) in [6.45, 7) is 1.68. The monoisotopic (exact) mass is 218 g/mol. The van der Waals surface area contributed by atoms with Crippen molar-refractivity contribution in [2.75, 3.05) is 0 Å². The smallest absolute Gasteiger partial charge is 0.545 e. The van der Waals surface area contributed by atoms with Gasteiger partial charge in [-0.25, -0.2) is 0 Å². The third kappa shape index (κ3) is 3.84. The second-order valence-electron chi connectivity index (χ2n) is 2.63. The Labute approximate surface area is 110 Å². The molecule has 0 fully saturated rings. The van der Waals surface area contributed by atoms with E-state index in [9.17, 15) is 9.90 Å². The Kier molecular flexibility index (Phi) is 6.12. The first-order valence-corrected chi connectivity index (χ1v) is 4.13. The van der Waals surface area contributed by atoms with Crippen LogP contribution in [0.5, 0.6) is 0 Å². The Morgan fingerprint density at radius 2 is 2.00 bits per heavy atom. The number of rotatable bonds is 2. The van der Waals surface area contributed by atoms with Gasteiger partial charge in [0.1, 0.15) is 0 Å². The zero-order valence-electron chi connectivity index (χ0n) is 8.08. The Morgan fingerprint density at radius 3 is 2.50 bits per heavy atom. The minimum atomic E-state index is -1.21. The van der Waals surface area contributed by atoms with Gasteiger partial charge in [0.25, 0.3) is 0 Å². The average molecular weight is 219 g/mol. The summed E-state index contributed by atoms with van der Waals surface area (Å²) in [6.07, 6.45) is 1.03. The summed E-state index contributed by atoms with van der Waals surface area (Å²) in [5.74, 6) is -1.21. The number of carboxylic acid groups (broad SMARTS) is 1. The van der Waals surface area contributed by atoms with Gasteiger partial charge in [0, 0.05) is 5.02 Å². The number of aliphatic carboxylic acids is 1. The second kappa shape index (κ2) is 6.25. The number of carbonyl (C=O) groups is 1. The molecule has 14 heavy (non-hydrogen) atoms. The van der Waals surface area contributed by atoms with Crippen LogP contribution >= 0.6 is 11.6 Å². The van der Waals surface area contributed by atoms with Crippen LogP contribution in [0.2, 0.25) is 5.02 Å². The van der Waals surface area contributed by atoms with Crippen LogP contribution in [0.3, 0.4) is 0 Å². The molecule has 0 N–H and O–H groups in total.